The first-order valence-corrected chi connectivity index (χ1v) is 7.81. The van der Waals surface area contributed by atoms with Gasteiger partial charge in [0.15, 0.2) is 0 Å². The van der Waals surface area contributed by atoms with Crippen LogP contribution in [0.1, 0.15) is 0 Å². The van der Waals surface area contributed by atoms with Crippen LogP contribution < -0.4 is 10.4 Å². The van der Waals surface area contributed by atoms with E-state index in [1.807, 2.05) is 48.1 Å². The van der Waals surface area contributed by atoms with Gasteiger partial charge in [-0.25, -0.2) is 14.8 Å². The summed E-state index contributed by atoms with van der Waals surface area (Å²) in [6, 6.07) is 11.8. The Morgan fingerprint density at radius 2 is 1.96 bits per heavy atom. The van der Waals surface area contributed by atoms with E-state index in [4.69, 9.17) is 4.74 Å². The van der Waals surface area contributed by atoms with E-state index in [0.717, 1.165) is 33.3 Å². The number of fused-ring (bicyclic) bond motifs is 1. The van der Waals surface area contributed by atoms with Crippen molar-refractivity contribution in [1.29, 1.82) is 0 Å². The molecule has 0 aliphatic rings. The number of methoxy groups -OCH3 is 1. The Hall–Kier alpha value is -3.41. The van der Waals surface area contributed by atoms with Crippen molar-refractivity contribution in [2.24, 2.45) is 7.05 Å². The molecule has 0 saturated heterocycles. The second kappa shape index (κ2) is 5.90. The van der Waals surface area contributed by atoms with Gasteiger partial charge >= 0.3 is 5.69 Å². The molecule has 0 aliphatic carbocycles. The van der Waals surface area contributed by atoms with Crippen LogP contribution in [-0.4, -0.2) is 26.6 Å². The van der Waals surface area contributed by atoms with Gasteiger partial charge in [-0.1, -0.05) is 18.2 Å². The number of pyridine rings is 1. The van der Waals surface area contributed by atoms with Crippen molar-refractivity contribution >= 4 is 10.9 Å². The first-order chi connectivity index (χ1) is 12.2. The van der Waals surface area contributed by atoms with E-state index in [0.29, 0.717) is 5.88 Å². The summed E-state index contributed by atoms with van der Waals surface area (Å²) in [7, 11) is 3.60. The molecule has 0 radical (unpaired) electrons. The molecule has 6 nitrogen and oxygen atoms in total. The number of benzene rings is 1. The second-order valence-electron chi connectivity index (χ2n) is 5.77. The highest BCUT2D eigenvalue weighted by molar-refractivity contribution is 5.96. The summed E-state index contributed by atoms with van der Waals surface area (Å²) in [4.78, 5) is 22.2. The summed E-state index contributed by atoms with van der Waals surface area (Å²) in [6.07, 6.45) is 5.39. The summed E-state index contributed by atoms with van der Waals surface area (Å²) in [5.41, 5.74) is 4.46. The molecule has 0 spiro atoms. The number of nitrogens with zero attached hydrogens (tertiary/aromatic N) is 3. The summed E-state index contributed by atoms with van der Waals surface area (Å²) in [5, 5.41) is 1.06. The molecule has 0 amide bonds. The summed E-state index contributed by atoms with van der Waals surface area (Å²) >= 11 is 0. The quantitative estimate of drug-likeness (QED) is 0.626. The molecule has 6 heteroatoms. The number of ether oxygens (including phenoxy) is 1. The van der Waals surface area contributed by atoms with Crippen molar-refractivity contribution in [1.82, 2.24) is 19.5 Å². The second-order valence-corrected chi connectivity index (χ2v) is 5.77. The molecule has 3 aromatic heterocycles. The van der Waals surface area contributed by atoms with Gasteiger partial charge in [0.2, 0.25) is 5.88 Å². The fourth-order valence-electron chi connectivity index (χ4n) is 2.99. The number of aryl methyl sites for hydroxylation is 1. The number of nitrogens with one attached hydrogen (secondary N) is 1. The standard InChI is InChI=1S/C19H16N4O2/c1-23-11-15(14-9-18(25-2)21-10-17(14)23)12-4-3-5-13(8-12)16-6-7-20-19(24)22-16/h3-11H,1-2H3,(H,20,22,24). The van der Waals surface area contributed by atoms with E-state index in [9.17, 15) is 4.79 Å². The summed E-state index contributed by atoms with van der Waals surface area (Å²) < 4.78 is 7.30. The number of aromatic amines is 1. The topological polar surface area (TPSA) is 72.8 Å². The smallest absolute Gasteiger partial charge is 0.345 e. The van der Waals surface area contributed by atoms with Gasteiger partial charge in [0.1, 0.15) is 0 Å². The van der Waals surface area contributed by atoms with Crippen molar-refractivity contribution in [3.8, 4) is 28.3 Å². The van der Waals surface area contributed by atoms with Gasteiger partial charge in [-0.2, -0.15) is 0 Å². The molecule has 1 aromatic carbocycles. The third-order valence-corrected chi connectivity index (χ3v) is 4.22. The minimum absolute atomic E-state index is 0.358. The van der Waals surface area contributed by atoms with Crippen LogP contribution >= 0.6 is 0 Å². The molecule has 0 atom stereocenters. The van der Waals surface area contributed by atoms with Crippen LogP contribution in [0.25, 0.3) is 33.3 Å². The van der Waals surface area contributed by atoms with Crippen molar-refractivity contribution in [3.05, 3.63) is 65.5 Å². The Kier molecular flexibility index (Phi) is 3.57. The lowest BCUT2D eigenvalue weighted by atomic mass is 10.0. The maximum absolute atomic E-state index is 11.5. The predicted octanol–water partition coefficient (Wildman–Crippen LogP) is 3.00. The Labute approximate surface area is 143 Å². The van der Waals surface area contributed by atoms with Crippen LogP contribution in [0, 0.1) is 0 Å². The Morgan fingerprint density at radius 3 is 2.76 bits per heavy atom. The Morgan fingerprint density at radius 1 is 1.12 bits per heavy atom. The third kappa shape index (κ3) is 2.67. The molecule has 0 bridgehead atoms. The highest BCUT2D eigenvalue weighted by atomic mass is 16.5. The lowest BCUT2D eigenvalue weighted by Crippen LogP contribution is -2.09. The summed E-state index contributed by atoms with van der Waals surface area (Å²) in [5.74, 6) is 0.578. The van der Waals surface area contributed by atoms with Crippen molar-refractivity contribution in [2.75, 3.05) is 7.11 Å². The van der Waals surface area contributed by atoms with E-state index in [-0.39, 0.29) is 5.69 Å². The van der Waals surface area contributed by atoms with Crippen LogP contribution in [-0.2, 0) is 7.05 Å². The van der Waals surface area contributed by atoms with Gasteiger partial charge in [-0.15, -0.1) is 0 Å². The van der Waals surface area contributed by atoms with Crippen LogP contribution in [0.15, 0.2) is 59.8 Å². The molecule has 0 unspecified atom stereocenters. The largest absolute Gasteiger partial charge is 0.481 e. The SMILES string of the molecule is COc1cc2c(-c3cccc(-c4ccnc(=O)[nH]4)c3)cn(C)c2cn1. The number of aromatic nitrogens is 4. The first kappa shape index (κ1) is 15.1. The highest BCUT2D eigenvalue weighted by Gasteiger charge is 2.11. The molecule has 4 rings (SSSR count). The average molecular weight is 332 g/mol. The van der Waals surface area contributed by atoms with Crippen molar-refractivity contribution in [2.45, 2.75) is 0 Å². The van der Waals surface area contributed by atoms with E-state index < -0.39 is 0 Å². The minimum atomic E-state index is -0.358. The van der Waals surface area contributed by atoms with Gasteiger partial charge < -0.3 is 14.3 Å². The molecule has 0 saturated carbocycles. The van der Waals surface area contributed by atoms with Gasteiger partial charge in [-0.05, 0) is 23.3 Å². The van der Waals surface area contributed by atoms with Gasteiger partial charge in [0.25, 0.3) is 0 Å². The number of rotatable bonds is 3. The van der Waals surface area contributed by atoms with E-state index in [1.165, 1.54) is 6.20 Å². The zero-order valence-corrected chi connectivity index (χ0v) is 13.9. The number of H-pyrrole nitrogens is 1. The lowest BCUT2D eigenvalue weighted by Gasteiger charge is -2.05. The molecule has 124 valence electrons. The third-order valence-electron chi connectivity index (χ3n) is 4.22. The highest BCUT2D eigenvalue weighted by Crippen LogP contribution is 2.33. The average Bonchev–Trinajstić information content (AvgIpc) is 2.98. The monoisotopic (exact) mass is 332 g/mol. The van der Waals surface area contributed by atoms with Crippen molar-refractivity contribution in [3.63, 3.8) is 0 Å². The van der Waals surface area contributed by atoms with Crippen LogP contribution in [0.2, 0.25) is 0 Å². The predicted molar refractivity (Wildman–Crippen MR) is 96.6 cm³/mol. The van der Waals surface area contributed by atoms with Crippen LogP contribution in [0.5, 0.6) is 5.88 Å². The molecule has 25 heavy (non-hydrogen) atoms. The molecule has 1 N–H and O–H groups in total. The number of hydrogen-bond donors (Lipinski definition) is 1. The molecule has 3 heterocycles. The van der Waals surface area contributed by atoms with Gasteiger partial charge in [-0.3, -0.25) is 0 Å². The fraction of sp³-hybridized carbons (Fsp3) is 0.105. The van der Waals surface area contributed by atoms with Gasteiger partial charge in [0, 0.05) is 36.5 Å². The first-order valence-electron chi connectivity index (χ1n) is 7.81. The lowest BCUT2D eigenvalue weighted by molar-refractivity contribution is 0.398. The number of hydrogen-bond acceptors (Lipinski definition) is 4. The van der Waals surface area contributed by atoms with E-state index in [2.05, 4.69) is 21.1 Å². The normalized spacial score (nSPS) is 11.0. The maximum atomic E-state index is 11.5. The minimum Gasteiger partial charge on any atom is -0.481 e. The zero-order valence-electron chi connectivity index (χ0n) is 13.9. The molecule has 0 fully saturated rings. The molecular formula is C19H16N4O2. The fourth-order valence-corrected chi connectivity index (χ4v) is 2.99. The van der Waals surface area contributed by atoms with Gasteiger partial charge in [0.05, 0.1) is 24.5 Å². The molecule has 0 aliphatic heterocycles. The zero-order chi connectivity index (χ0) is 17.4. The van der Waals surface area contributed by atoms with E-state index >= 15 is 0 Å². The van der Waals surface area contributed by atoms with E-state index in [1.54, 1.807) is 13.2 Å². The Balaban J connectivity index is 1.89. The van der Waals surface area contributed by atoms with Crippen molar-refractivity contribution < 1.29 is 4.74 Å². The maximum Gasteiger partial charge on any atom is 0.345 e. The molecule has 4 aromatic rings. The Bertz CT molecular complexity index is 1130. The summed E-state index contributed by atoms with van der Waals surface area (Å²) in [6.45, 7) is 0. The van der Waals surface area contributed by atoms with Crippen LogP contribution in [0.3, 0.4) is 0 Å². The van der Waals surface area contributed by atoms with Crippen LogP contribution in [0.4, 0.5) is 0 Å². The molecular weight excluding hydrogens is 316 g/mol.